The van der Waals surface area contributed by atoms with Crippen molar-refractivity contribution < 1.29 is 4.74 Å². The van der Waals surface area contributed by atoms with Gasteiger partial charge in [-0.3, -0.25) is 0 Å². The number of aliphatic imine (C=N–C) groups is 1. The minimum absolute atomic E-state index is 0.0770. The zero-order valence-electron chi connectivity index (χ0n) is 6.93. The Balaban J connectivity index is 2.88. The van der Waals surface area contributed by atoms with Crippen LogP contribution in [0.4, 0.5) is 0 Å². The molecule has 0 saturated carbocycles. The summed E-state index contributed by atoms with van der Waals surface area (Å²) in [6.07, 6.45) is 2.01. The number of hydrogen-bond acceptors (Lipinski definition) is 2. The lowest BCUT2D eigenvalue weighted by Crippen LogP contribution is -2.21. The summed E-state index contributed by atoms with van der Waals surface area (Å²) in [4.78, 5) is 4.28. The maximum absolute atomic E-state index is 5.23. The van der Waals surface area contributed by atoms with Gasteiger partial charge in [-0.1, -0.05) is 0 Å². The maximum Gasteiger partial charge on any atom is 0.187 e. The van der Waals surface area contributed by atoms with E-state index in [0.29, 0.717) is 0 Å². The van der Waals surface area contributed by atoms with E-state index in [0.717, 1.165) is 11.7 Å². The summed E-state index contributed by atoms with van der Waals surface area (Å²) in [5, 5.41) is 0. The van der Waals surface area contributed by atoms with Crippen LogP contribution in [0.1, 0.15) is 27.7 Å². The molecule has 0 atom stereocenters. The lowest BCUT2D eigenvalue weighted by atomic mass is 10.1. The van der Waals surface area contributed by atoms with Crippen LogP contribution in [-0.4, -0.2) is 11.4 Å². The minimum atomic E-state index is -0.0770. The highest BCUT2D eigenvalue weighted by Crippen LogP contribution is 2.19. The van der Waals surface area contributed by atoms with Gasteiger partial charge in [0.05, 0.1) is 5.54 Å². The fourth-order valence-corrected chi connectivity index (χ4v) is 1.22. The molecule has 0 fully saturated rings. The molecule has 0 bridgehead atoms. The largest absolute Gasteiger partial charge is 0.449 e. The lowest BCUT2D eigenvalue weighted by molar-refractivity contribution is 0.376. The summed E-state index contributed by atoms with van der Waals surface area (Å²) in [5.41, 5.74) is -0.0770. The van der Waals surface area contributed by atoms with E-state index in [9.17, 15) is 0 Å². The number of hydrogen-bond donors (Lipinski definition) is 0. The topological polar surface area (TPSA) is 21.6 Å². The van der Waals surface area contributed by atoms with Gasteiger partial charge in [0.15, 0.2) is 5.90 Å². The van der Waals surface area contributed by atoms with E-state index in [4.69, 9.17) is 4.74 Å². The van der Waals surface area contributed by atoms with Crippen LogP contribution >= 0.6 is 0 Å². The molecule has 0 saturated heterocycles. The molecule has 56 valence electrons. The zero-order valence-corrected chi connectivity index (χ0v) is 6.93. The second kappa shape index (κ2) is 2.11. The van der Waals surface area contributed by atoms with E-state index >= 15 is 0 Å². The molecule has 0 aliphatic carbocycles. The average Bonchev–Trinajstić information content (AvgIpc) is 1.54. The molecule has 2 nitrogen and oxygen atoms in total. The molecule has 0 unspecified atom stereocenters. The molecule has 2 heteroatoms. The summed E-state index contributed by atoms with van der Waals surface area (Å²) in [6.45, 7) is 7.93. The van der Waals surface area contributed by atoms with Gasteiger partial charge in [0.25, 0.3) is 0 Å². The van der Waals surface area contributed by atoms with Crippen molar-refractivity contribution in [1.82, 2.24) is 0 Å². The summed E-state index contributed by atoms with van der Waals surface area (Å²) in [5.74, 6) is 1.70. The zero-order chi connectivity index (χ0) is 7.78. The molecule has 0 radical (unpaired) electrons. The molecule has 1 aliphatic rings. The molecule has 0 aromatic carbocycles. The van der Waals surface area contributed by atoms with Crippen LogP contribution in [0.2, 0.25) is 0 Å². The Hall–Kier alpha value is -0.790. The number of ether oxygens (including phenoxy) is 1. The Labute approximate surface area is 61.6 Å². The van der Waals surface area contributed by atoms with Gasteiger partial charge in [0.2, 0.25) is 0 Å². The Bertz CT molecular complexity index is 181. The van der Waals surface area contributed by atoms with Crippen LogP contribution in [0.5, 0.6) is 0 Å². The second-order valence-corrected chi connectivity index (χ2v) is 3.14. The van der Waals surface area contributed by atoms with Crippen molar-refractivity contribution in [1.29, 1.82) is 0 Å². The van der Waals surface area contributed by atoms with Crippen molar-refractivity contribution in [2.45, 2.75) is 33.2 Å². The first-order chi connectivity index (χ1) is 4.49. The van der Waals surface area contributed by atoms with E-state index in [2.05, 4.69) is 18.8 Å². The van der Waals surface area contributed by atoms with Crippen LogP contribution in [0, 0.1) is 0 Å². The molecular formula is C8H13NO. The van der Waals surface area contributed by atoms with Crippen LogP contribution in [0.3, 0.4) is 0 Å². The molecular weight excluding hydrogens is 126 g/mol. The van der Waals surface area contributed by atoms with Gasteiger partial charge in [0.1, 0.15) is 5.76 Å². The Morgan fingerprint density at radius 1 is 1.40 bits per heavy atom. The smallest absolute Gasteiger partial charge is 0.187 e. The number of allylic oxidation sites excluding steroid dienone is 1. The molecule has 0 aromatic rings. The van der Waals surface area contributed by atoms with Gasteiger partial charge in [-0.2, -0.15) is 0 Å². The lowest BCUT2D eigenvalue weighted by Gasteiger charge is -2.22. The third-order valence-electron chi connectivity index (χ3n) is 1.31. The van der Waals surface area contributed by atoms with Gasteiger partial charge in [-0.15, -0.1) is 0 Å². The highest BCUT2D eigenvalue weighted by atomic mass is 16.5. The highest BCUT2D eigenvalue weighted by molar-refractivity contribution is 5.75. The second-order valence-electron chi connectivity index (χ2n) is 3.14. The molecule has 0 aromatic heterocycles. The molecule has 1 heterocycles. The quantitative estimate of drug-likeness (QED) is 0.503. The normalized spacial score (nSPS) is 22.8. The van der Waals surface area contributed by atoms with Crippen molar-refractivity contribution >= 4 is 5.90 Å². The highest BCUT2D eigenvalue weighted by Gasteiger charge is 2.18. The summed E-state index contributed by atoms with van der Waals surface area (Å²) >= 11 is 0. The van der Waals surface area contributed by atoms with Gasteiger partial charge >= 0.3 is 0 Å². The predicted molar refractivity (Wildman–Crippen MR) is 42.0 cm³/mol. The summed E-state index contributed by atoms with van der Waals surface area (Å²) in [6, 6.07) is 0. The van der Waals surface area contributed by atoms with Crippen LogP contribution < -0.4 is 0 Å². The first kappa shape index (κ1) is 7.32. The van der Waals surface area contributed by atoms with E-state index in [1.807, 2.05) is 19.9 Å². The van der Waals surface area contributed by atoms with E-state index < -0.39 is 0 Å². The molecule has 1 rings (SSSR count). The van der Waals surface area contributed by atoms with E-state index in [1.54, 1.807) is 0 Å². The molecule has 10 heavy (non-hydrogen) atoms. The fraction of sp³-hybridized carbons (Fsp3) is 0.625. The monoisotopic (exact) mass is 139 g/mol. The Morgan fingerprint density at radius 3 is 2.40 bits per heavy atom. The van der Waals surface area contributed by atoms with Crippen molar-refractivity contribution in [3.8, 4) is 0 Å². The van der Waals surface area contributed by atoms with Crippen molar-refractivity contribution in [3.05, 3.63) is 11.8 Å². The van der Waals surface area contributed by atoms with Gasteiger partial charge in [-0.25, -0.2) is 4.99 Å². The average molecular weight is 139 g/mol. The summed E-state index contributed by atoms with van der Waals surface area (Å²) in [7, 11) is 0. The molecule has 1 aliphatic heterocycles. The first-order valence-corrected chi connectivity index (χ1v) is 3.43. The molecule has 0 amide bonds. The fourth-order valence-electron chi connectivity index (χ4n) is 1.22. The van der Waals surface area contributed by atoms with Gasteiger partial charge in [0, 0.05) is 6.92 Å². The summed E-state index contributed by atoms with van der Waals surface area (Å²) < 4.78 is 5.23. The van der Waals surface area contributed by atoms with Crippen molar-refractivity contribution in [2.24, 2.45) is 4.99 Å². The minimum Gasteiger partial charge on any atom is -0.449 e. The first-order valence-electron chi connectivity index (χ1n) is 3.43. The maximum atomic E-state index is 5.23. The Morgan fingerprint density at radius 2 is 2.00 bits per heavy atom. The van der Waals surface area contributed by atoms with E-state index in [-0.39, 0.29) is 5.54 Å². The number of rotatable bonds is 0. The third kappa shape index (κ3) is 1.59. The SMILES string of the molecule is CC1=CC(C)(C)N=C(C)O1. The van der Waals surface area contributed by atoms with Crippen LogP contribution in [-0.2, 0) is 4.74 Å². The Kier molecular flexibility index (Phi) is 1.55. The van der Waals surface area contributed by atoms with Crippen LogP contribution in [0.15, 0.2) is 16.8 Å². The molecule has 0 spiro atoms. The predicted octanol–water partition coefficient (Wildman–Crippen LogP) is 2.12. The standard InChI is InChI=1S/C8H13NO/c1-6-5-8(3,4)9-7(2)10-6/h5H,1-4H3. The van der Waals surface area contributed by atoms with Gasteiger partial charge < -0.3 is 4.74 Å². The van der Waals surface area contributed by atoms with Crippen molar-refractivity contribution in [3.63, 3.8) is 0 Å². The van der Waals surface area contributed by atoms with Gasteiger partial charge in [-0.05, 0) is 26.8 Å². The van der Waals surface area contributed by atoms with E-state index in [1.165, 1.54) is 0 Å². The van der Waals surface area contributed by atoms with Crippen LogP contribution in [0.25, 0.3) is 0 Å². The number of nitrogens with zero attached hydrogens (tertiary/aromatic N) is 1. The molecule has 0 N–H and O–H groups in total. The van der Waals surface area contributed by atoms with Crippen molar-refractivity contribution in [2.75, 3.05) is 0 Å². The third-order valence-corrected chi connectivity index (χ3v) is 1.31.